The lowest BCUT2D eigenvalue weighted by atomic mass is 10.4. The zero-order valence-corrected chi connectivity index (χ0v) is 8.29. The van der Waals surface area contributed by atoms with Crippen LogP contribution < -0.4 is 5.32 Å². The Kier molecular flexibility index (Phi) is 3.94. The third-order valence-electron chi connectivity index (χ3n) is 1.89. The number of carbonyl (C=O) groups is 1. The zero-order chi connectivity index (χ0) is 12.2. The molecule has 1 aromatic heterocycles. The van der Waals surface area contributed by atoms with E-state index in [9.17, 15) is 18.0 Å². The van der Waals surface area contributed by atoms with Gasteiger partial charge < -0.3 is 15.0 Å². The van der Waals surface area contributed by atoms with Crippen molar-refractivity contribution in [2.45, 2.75) is 19.3 Å². The van der Waals surface area contributed by atoms with Crippen molar-refractivity contribution in [2.24, 2.45) is 0 Å². The molecule has 0 unspecified atom stereocenters. The molecule has 0 atom stereocenters. The van der Waals surface area contributed by atoms with Crippen LogP contribution in [0.15, 0.2) is 18.3 Å². The van der Waals surface area contributed by atoms with Crippen LogP contribution in [0.2, 0.25) is 0 Å². The molecule has 2 N–H and O–H groups in total. The molecule has 16 heavy (non-hydrogen) atoms. The summed E-state index contributed by atoms with van der Waals surface area (Å²) in [5.74, 6) is -0.747. The Morgan fingerprint density at radius 1 is 1.50 bits per heavy atom. The molecule has 0 saturated carbocycles. The summed E-state index contributed by atoms with van der Waals surface area (Å²) >= 11 is 0. The number of halogens is 3. The Morgan fingerprint density at radius 3 is 2.75 bits per heavy atom. The lowest BCUT2D eigenvalue weighted by Gasteiger charge is -2.10. The SMILES string of the molecule is O=C(Cn1cccc1CO)NCC(F)(F)F. The lowest BCUT2D eigenvalue weighted by molar-refractivity contribution is -0.138. The molecule has 0 aromatic carbocycles. The van der Waals surface area contributed by atoms with E-state index in [1.165, 1.54) is 10.8 Å². The summed E-state index contributed by atoms with van der Waals surface area (Å²) < 4.78 is 36.7. The molecular weight excluding hydrogens is 225 g/mol. The number of nitrogens with one attached hydrogen (secondary N) is 1. The largest absolute Gasteiger partial charge is 0.405 e. The first-order chi connectivity index (χ1) is 7.42. The van der Waals surface area contributed by atoms with E-state index in [1.54, 1.807) is 17.4 Å². The molecule has 1 aromatic rings. The molecule has 0 saturated heterocycles. The second kappa shape index (κ2) is 5.02. The molecule has 0 aliphatic rings. The fourth-order valence-electron chi connectivity index (χ4n) is 1.16. The van der Waals surface area contributed by atoms with Gasteiger partial charge in [0.1, 0.15) is 13.1 Å². The third kappa shape index (κ3) is 3.93. The Morgan fingerprint density at radius 2 is 2.19 bits per heavy atom. The highest BCUT2D eigenvalue weighted by Gasteiger charge is 2.27. The van der Waals surface area contributed by atoms with Crippen molar-refractivity contribution in [1.29, 1.82) is 0 Å². The van der Waals surface area contributed by atoms with Crippen molar-refractivity contribution in [3.05, 3.63) is 24.0 Å². The molecule has 0 fully saturated rings. The molecule has 90 valence electrons. The van der Waals surface area contributed by atoms with Gasteiger partial charge in [0, 0.05) is 11.9 Å². The second-order valence-corrected chi connectivity index (χ2v) is 3.18. The summed E-state index contributed by atoms with van der Waals surface area (Å²) in [5.41, 5.74) is 0.474. The summed E-state index contributed by atoms with van der Waals surface area (Å²) in [5, 5.41) is 10.6. The number of nitrogens with zero attached hydrogens (tertiary/aromatic N) is 1. The highest BCUT2D eigenvalue weighted by molar-refractivity contribution is 5.75. The molecule has 0 bridgehead atoms. The first-order valence-electron chi connectivity index (χ1n) is 4.50. The molecule has 0 aliphatic heterocycles. The van der Waals surface area contributed by atoms with Crippen LogP contribution >= 0.6 is 0 Å². The van der Waals surface area contributed by atoms with E-state index in [0.717, 1.165) is 0 Å². The first-order valence-corrected chi connectivity index (χ1v) is 4.50. The first kappa shape index (κ1) is 12.6. The molecule has 0 spiro atoms. The predicted octanol–water partition coefficient (Wildman–Crippen LogP) is 0.659. The van der Waals surface area contributed by atoms with E-state index in [2.05, 4.69) is 0 Å². The van der Waals surface area contributed by atoms with E-state index in [-0.39, 0.29) is 13.2 Å². The van der Waals surface area contributed by atoms with Crippen molar-refractivity contribution in [2.75, 3.05) is 6.54 Å². The number of rotatable bonds is 4. The quantitative estimate of drug-likeness (QED) is 0.806. The summed E-state index contributed by atoms with van der Waals surface area (Å²) in [4.78, 5) is 11.1. The van der Waals surface area contributed by atoms with Crippen LogP contribution in [0.3, 0.4) is 0 Å². The highest BCUT2D eigenvalue weighted by Crippen LogP contribution is 2.12. The summed E-state index contributed by atoms with van der Waals surface area (Å²) in [6, 6.07) is 3.18. The van der Waals surface area contributed by atoms with Gasteiger partial charge in [-0.1, -0.05) is 0 Å². The van der Waals surface area contributed by atoms with Crippen LogP contribution in [0.4, 0.5) is 13.2 Å². The predicted molar refractivity (Wildman–Crippen MR) is 49.4 cm³/mol. The van der Waals surface area contributed by atoms with E-state index in [1.807, 2.05) is 0 Å². The standard InChI is InChI=1S/C9H11F3N2O2/c10-9(11,12)6-13-8(16)4-14-3-1-2-7(14)5-15/h1-3,15H,4-6H2,(H,13,16). The van der Waals surface area contributed by atoms with Gasteiger partial charge in [-0.3, -0.25) is 4.79 Å². The maximum atomic E-state index is 11.8. The molecule has 7 heteroatoms. The van der Waals surface area contributed by atoms with Gasteiger partial charge in [0.2, 0.25) is 5.91 Å². The third-order valence-corrected chi connectivity index (χ3v) is 1.89. The average molecular weight is 236 g/mol. The van der Waals surface area contributed by atoms with Gasteiger partial charge in [0.05, 0.1) is 6.61 Å². The van der Waals surface area contributed by atoms with Gasteiger partial charge in [0.25, 0.3) is 0 Å². The lowest BCUT2D eigenvalue weighted by Crippen LogP contribution is -2.35. The highest BCUT2D eigenvalue weighted by atomic mass is 19.4. The van der Waals surface area contributed by atoms with Gasteiger partial charge in [-0.05, 0) is 12.1 Å². The molecule has 4 nitrogen and oxygen atoms in total. The number of aliphatic hydroxyl groups excluding tert-OH is 1. The van der Waals surface area contributed by atoms with Crippen LogP contribution in [0, 0.1) is 0 Å². The van der Waals surface area contributed by atoms with Crippen LogP contribution in [-0.4, -0.2) is 28.3 Å². The van der Waals surface area contributed by atoms with Crippen molar-refractivity contribution >= 4 is 5.91 Å². The van der Waals surface area contributed by atoms with Crippen molar-refractivity contribution < 1.29 is 23.1 Å². The Labute approximate surface area is 89.7 Å². The van der Waals surface area contributed by atoms with Crippen molar-refractivity contribution in [3.63, 3.8) is 0 Å². The van der Waals surface area contributed by atoms with E-state index in [4.69, 9.17) is 5.11 Å². The minimum Gasteiger partial charge on any atom is -0.390 e. The smallest absolute Gasteiger partial charge is 0.390 e. The van der Waals surface area contributed by atoms with E-state index >= 15 is 0 Å². The number of aliphatic hydroxyl groups is 1. The molecule has 1 rings (SSSR count). The normalized spacial score (nSPS) is 11.5. The Hall–Kier alpha value is -1.50. The zero-order valence-electron chi connectivity index (χ0n) is 8.29. The van der Waals surface area contributed by atoms with E-state index in [0.29, 0.717) is 5.69 Å². The van der Waals surface area contributed by atoms with Crippen LogP contribution in [0.1, 0.15) is 5.69 Å². The number of amides is 1. The molecule has 1 heterocycles. The number of hydrogen-bond donors (Lipinski definition) is 2. The maximum absolute atomic E-state index is 11.8. The number of carbonyl (C=O) groups excluding carboxylic acids is 1. The maximum Gasteiger partial charge on any atom is 0.405 e. The van der Waals surface area contributed by atoms with Gasteiger partial charge in [-0.25, -0.2) is 0 Å². The molecule has 0 aliphatic carbocycles. The van der Waals surface area contributed by atoms with Crippen LogP contribution in [0.25, 0.3) is 0 Å². The molecule has 0 radical (unpaired) electrons. The van der Waals surface area contributed by atoms with Gasteiger partial charge in [0.15, 0.2) is 0 Å². The Bertz CT molecular complexity index is 360. The van der Waals surface area contributed by atoms with Gasteiger partial charge in [-0.2, -0.15) is 13.2 Å². The Balaban J connectivity index is 2.46. The van der Waals surface area contributed by atoms with Crippen LogP contribution in [0.5, 0.6) is 0 Å². The minimum absolute atomic E-state index is 0.237. The second-order valence-electron chi connectivity index (χ2n) is 3.18. The minimum atomic E-state index is -4.41. The monoisotopic (exact) mass is 236 g/mol. The summed E-state index contributed by atoms with van der Waals surface area (Å²) in [6.07, 6.45) is -2.90. The van der Waals surface area contributed by atoms with E-state index < -0.39 is 18.6 Å². The average Bonchev–Trinajstić information content (AvgIpc) is 2.61. The summed E-state index contributed by atoms with van der Waals surface area (Å²) in [6.45, 7) is -1.85. The molecule has 1 amide bonds. The van der Waals surface area contributed by atoms with Crippen LogP contribution in [-0.2, 0) is 17.9 Å². The van der Waals surface area contributed by atoms with Gasteiger partial charge in [-0.15, -0.1) is 0 Å². The number of hydrogen-bond acceptors (Lipinski definition) is 2. The number of aromatic nitrogens is 1. The van der Waals surface area contributed by atoms with Crippen molar-refractivity contribution in [1.82, 2.24) is 9.88 Å². The number of alkyl halides is 3. The van der Waals surface area contributed by atoms with Gasteiger partial charge >= 0.3 is 6.18 Å². The molecular formula is C9H11F3N2O2. The fraction of sp³-hybridized carbons (Fsp3) is 0.444. The fourth-order valence-corrected chi connectivity index (χ4v) is 1.16. The van der Waals surface area contributed by atoms with Crippen molar-refractivity contribution in [3.8, 4) is 0 Å². The summed E-state index contributed by atoms with van der Waals surface area (Å²) in [7, 11) is 0. The topological polar surface area (TPSA) is 54.3 Å².